The van der Waals surface area contributed by atoms with Gasteiger partial charge in [-0.15, -0.1) is 0 Å². The van der Waals surface area contributed by atoms with Gasteiger partial charge >= 0.3 is 0 Å². The normalized spacial score (nSPS) is 24.1. The van der Waals surface area contributed by atoms with Crippen LogP contribution >= 0.6 is 0 Å². The molecule has 144 valence electrons. The lowest BCUT2D eigenvalue weighted by atomic mass is 10.0. The van der Waals surface area contributed by atoms with E-state index in [2.05, 4.69) is 10.6 Å². The Bertz CT molecular complexity index is 923. The molecule has 0 radical (unpaired) electrons. The van der Waals surface area contributed by atoms with Crippen molar-refractivity contribution in [2.45, 2.75) is 30.3 Å². The van der Waals surface area contributed by atoms with Crippen molar-refractivity contribution in [2.75, 3.05) is 26.2 Å². The van der Waals surface area contributed by atoms with Gasteiger partial charge in [-0.3, -0.25) is 19.7 Å². The number of fused-ring (bicyclic) bond motifs is 1. The number of hydrogen-bond donors (Lipinski definition) is 2. The molecule has 0 saturated carbocycles. The molecular weight excluding hydrogens is 372 g/mol. The summed E-state index contributed by atoms with van der Waals surface area (Å²) in [7, 11) is -3.73. The maximum absolute atomic E-state index is 13.1. The van der Waals surface area contributed by atoms with E-state index >= 15 is 0 Å². The number of hydrogen-bond acceptors (Lipinski definition) is 6. The monoisotopic (exact) mass is 392 g/mol. The number of benzene rings is 1. The molecule has 1 unspecified atom stereocenters. The van der Waals surface area contributed by atoms with Crippen LogP contribution in [0.25, 0.3) is 0 Å². The Balaban J connectivity index is 1.67. The van der Waals surface area contributed by atoms with Gasteiger partial charge in [-0.1, -0.05) is 6.07 Å². The summed E-state index contributed by atoms with van der Waals surface area (Å²) in [5.41, 5.74) is 0.724. The number of rotatable bonds is 3. The number of sulfonamides is 1. The summed E-state index contributed by atoms with van der Waals surface area (Å²) in [4.78, 5) is 37.8. The van der Waals surface area contributed by atoms with Crippen molar-refractivity contribution in [3.8, 4) is 0 Å². The second-order valence-electron chi connectivity index (χ2n) is 6.84. The third-order valence-corrected chi connectivity index (χ3v) is 7.22. The van der Waals surface area contributed by atoms with Crippen molar-refractivity contribution in [1.29, 1.82) is 0 Å². The number of carbonyl (C=O) groups excluding carboxylic acids is 3. The molecule has 0 bridgehead atoms. The van der Waals surface area contributed by atoms with Gasteiger partial charge in [0.1, 0.15) is 6.04 Å². The van der Waals surface area contributed by atoms with E-state index in [1.54, 1.807) is 12.1 Å². The molecule has 2 saturated heterocycles. The first-order chi connectivity index (χ1) is 12.9. The number of amides is 3. The number of imide groups is 1. The molecule has 0 aliphatic carbocycles. The minimum atomic E-state index is -3.73. The fraction of sp³-hybridized carbons (Fsp3) is 0.471. The molecule has 9 nitrogen and oxygen atoms in total. The number of carbonyl (C=O) groups is 3. The fourth-order valence-electron chi connectivity index (χ4n) is 3.82. The first-order valence-electron chi connectivity index (χ1n) is 8.87. The quantitative estimate of drug-likeness (QED) is 0.641. The molecule has 10 heteroatoms. The van der Waals surface area contributed by atoms with Gasteiger partial charge in [-0.05, 0) is 18.6 Å². The molecule has 2 N–H and O–H groups in total. The Morgan fingerprint density at radius 3 is 2.52 bits per heavy atom. The lowest BCUT2D eigenvalue weighted by Crippen LogP contribution is -2.52. The van der Waals surface area contributed by atoms with Gasteiger partial charge in [0.05, 0.1) is 4.90 Å². The maximum Gasteiger partial charge on any atom is 0.255 e. The second-order valence-corrected chi connectivity index (χ2v) is 8.74. The predicted octanol–water partition coefficient (Wildman–Crippen LogP) is -0.958. The van der Waals surface area contributed by atoms with E-state index in [4.69, 9.17) is 0 Å². The molecule has 0 aromatic heterocycles. The van der Waals surface area contributed by atoms with Crippen molar-refractivity contribution in [3.63, 3.8) is 0 Å². The van der Waals surface area contributed by atoms with Crippen LogP contribution in [0, 0.1) is 0 Å². The van der Waals surface area contributed by atoms with Crippen LogP contribution < -0.4 is 10.6 Å². The van der Waals surface area contributed by atoms with Crippen LogP contribution in [-0.2, 0) is 26.2 Å². The summed E-state index contributed by atoms with van der Waals surface area (Å²) >= 11 is 0. The van der Waals surface area contributed by atoms with Crippen LogP contribution in [0.5, 0.6) is 0 Å². The molecule has 27 heavy (non-hydrogen) atoms. The van der Waals surface area contributed by atoms with Gasteiger partial charge in [-0.25, -0.2) is 8.42 Å². The van der Waals surface area contributed by atoms with Gasteiger partial charge in [0, 0.05) is 50.3 Å². The predicted molar refractivity (Wildman–Crippen MR) is 94.1 cm³/mol. The Hall–Kier alpha value is -2.30. The van der Waals surface area contributed by atoms with E-state index in [9.17, 15) is 22.8 Å². The Morgan fingerprint density at radius 1 is 1.07 bits per heavy atom. The molecule has 0 spiro atoms. The highest BCUT2D eigenvalue weighted by molar-refractivity contribution is 7.89. The number of nitrogens with zero attached hydrogens (tertiary/aromatic N) is 2. The smallest absolute Gasteiger partial charge is 0.255 e. The molecule has 1 aromatic rings. The number of piperazine rings is 1. The molecule has 3 aliphatic rings. The molecule has 1 aromatic carbocycles. The van der Waals surface area contributed by atoms with Crippen molar-refractivity contribution in [3.05, 3.63) is 29.3 Å². The molecule has 3 aliphatic heterocycles. The van der Waals surface area contributed by atoms with Gasteiger partial charge in [0.15, 0.2) is 0 Å². The Labute approximate surface area is 156 Å². The molecule has 1 atom stereocenters. The molecule has 3 amide bonds. The van der Waals surface area contributed by atoms with E-state index in [1.165, 1.54) is 15.3 Å². The second kappa shape index (κ2) is 6.70. The zero-order valence-corrected chi connectivity index (χ0v) is 15.4. The Kier molecular flexibility index (Phi) is 4.49. The van der Waals surface area contributed by atoms with E-state index < -0.39 is 22.0 Å². The van der Waals surface area contributed by atoms with Crippen LogP contribution in [0.3, 0.4) is 0 Å². The van der Waals surface area contributed by atoms with E-state index in [0.29, 0.717) is 37.3 Å². The molecule has 4 rings (SSSR count). The highest BCUT2D eigenvalue weighted by atomic mass is 32.2. The number of piperidine rings is 1. The van der Waals surface area contributed by atoms with E-state index in [0.717, 1.165) is 0 Å². The minimum absolute atomic E-state index is 0.0436. The van der Waals surface area contributed by atoms with Gasteiger partial charge in [0.25, 0.3) is 5.91 Å². The standard InChI is InChI=1S/C17H20N4O5S/c22-15-5-4-13(16(23)19-15)21-10-12-11(17(21)24)2-1-3-14(12)27(25,26)20-8-6-18-7-9-20/h1-3,13,18H,4-10H2,(H,19,22,23). The Morgan fingerprint density at radius 2 is 1.81 bits per heavy atom. The summed E-state index contributed by atoms with van der Waals surface area (Å²) < 4.78 is 27.6. The topological polar surface area (TPSA) is 116 Å². The van der Waals surface area contributed by atoms with Crippen molar-refractivity contribution in [1.82, 2.24) is 19.8 Å². The van der Waals surface area contributed by atoms with E-state index in [1.807, 2.05) is 0 Å². The fourth-order valence-corrected chi connectivity index (χ4v) is 5.50. The first-order valence-corrected chi connectivity index (χ1v) is 10.3. The van der Waals surface area contributed by atoms with Crippen LogP contribution in [0.4, 0.5) is 0 Å². The zero-order chi connectivity index (χ0) is 19.2. The van der Waals surface area contributed by atoms with Crippen LogP contribution in [0.15, 0.2) is 23.1 Å². The highest BCUT2D eigenvalue weighted by Crippen LogP contribution is 2.33. The summed E-state index contributed by atoms with van der Waals surface area (Å²) in [6, 6.07) is 3.88. The van der Waals surface area contributed by atoms with Crippen molar-refractivity contribution >= 4 is 27.7 Å². The van der Waals surface area contributed by atoms with Gasteiger partial charge in [-0.2, -0.15) is 4.31 Å². The summed E-state index contributed by atoms with van der Waals surface area (Å²) in [5, 5.41) is 5.36. The first kappa shape index (κ1) is 18.1. The van der Waals surface area contributed by atoms with Crippen LogP contribution in [-0.4, -0.2) is 67.6 Å². The highest BCUT2D eigenvalue weighted by Gasteiger charge is 2.41. The molecule has 3 heterocycles. The lowest BCUT2D eigenvalue weighted by molar-refractivity contribution is -0.136. The lowest BCUT2D eigenvalue weighted by Gasteiger charge is -2.29. The van der Waals surface area contributed by atoms with Crippen molar-refractivity contribution in [2.24, 2.45) is 0 Å². The molecular formula is C17H20N4O5S. The van der Waals surface area contributed by atoms with Crippen LogP contribution in [0.1, 0.15) is 28.8 Å². The largest absolute Gasteiger partial charge is 0.322 e. The van der Waals surface area contributed by atoms with Crippen molar-refractivity contribution < 1.29 is 22.8 Å². The number of nitrogens with one attached hydrogen (secondary N) is 2. The van der Waals surface area contributed by atoms with Gasteiger partial charge < -0.3 is 10.2 Å². The van der Waals surface area contributed by atoms with Crippen LogP contribution in [0.2, 0.25) is 0 Å². The average molecular weight is 392 g/mol. The third kappa shape index (κ3) is 3.03. The minimum Gasteiger partial charge on any atom is -0.322 e. The summed E-state index contributed by atoms with van der Waals surface area (Å²) in [5.74, 6) is -1.25. The summed E-state index contributed by atoms with van der Waals surface area (Å²) in [6.07, 6.45) is 0.396. The molecule has 2 fully saturated rings. The third-order valence-electron chi connectivity index (χ3n) is 5.23. The maximum atomic E-state index is 13.1. The summed E-state index contributed by atoms with van der Waals surface area (Å²) in [6.45, 7) is 1.95. The van der Waals surface area contributed by atoms with E-state index in [-0.39, 0.29) is 36.1 Å². The SMILES string of the molecule is O=C1CCC(N2Cc3c(cccc3S(=O)(=O)N3CCNCC3)C2=O)C(=O)N1. The van der Waals surface area contributed by atoms with Gasteiger partial charge in [0.2, 0.25) is 21.8 Å². The zero-order valence-electron chi connectivity index (χ0n) is 14.6. The average Bonchev–Trinajstić information content (AvgIpc) is 2.99.